The molecule has 25 heavy (non-hydrogen) atoms. The van der Waals surface area contributed by atoms with Crippen LogP contribution in [-0.4, -0.2) is 65.4 Å². The standard InChI is InChI=1S/C19H26N4O2/c1-16(14-22-9-11-25-12-10-22)19(24)21(2)15-17-5-3-6-18(13-17)23-8-4-7-20-23/h3-8,13,16H,9-12,14-15H2,1-2H3/t16-/m0/s1. The summed E-state index contributed by atoms with van der Waals surface area (Å²) in [7, 11) is 1.87. The summed E-state index contributed by atoms with van der Waals surface area (Å²) in [5.74, 6) is 0.161. The van der Waals surface area contributed by atoms with E-state index in [2.05, 4.69) is 16.1 Å². The normalized spacial score (nSPS) is 16.6. The van der Waals surface area contributed by atoms with Gasteiger partial charge in [-0.25, -0.2) is 4.68 Å². The number of amides is 1. The summed E-state index contributed by atoms with van der Waals surface area (Å²) in [4.78, 5) is 16.8. The highest BCUT2D eigenvalue weighted by atomic mass is 16.5. The van der Waals surface area contributed by atoms with E-state index in [1.165, 1.54) is 0 Å². The number of aromatic nitrogens is 2. The van der Waals surface area contributed by atoms with E-state index < -0.39 is 0 Å². The zero-order valence-electron chi connectivity index (χ0n) is 15.0. The van der Waals surface area contributed by atoms with Crippen molar-refractivity contribution in [1.82, 2.24) is 19.6 Å². The number of benzene rings is 1. The van der Waals surface area contributed by atoms with Crippen molar-refractivity contribution < 1.29 is 9.53 Å². The number of rotatable bonds is 6. The maximum Gasteiger partial charge on any atom is 0.226 e. The molecule has 0 N–H and O–H groups in total. The summed E-state index contributed by atoms with van der Waals surface area (Å²) in [5.41, 5.74) is 2.10. The van der Waals surface area contributed by atoms with Crippen LogP contribution in [0.5, 0.6) is 0 Å². The SMILES string of the molecule is C[C@@H](CN1CCOCC1)C(=O)N(C)Cc1cccc(-n2cccn2)c1. The molecule has 6 nitrogen and oxygen atoms in total. The van der Waals surface area contributed by atoms with E-state index in [1.54, 1.807) is 6.20 Å². The van der Waals surface area contributed by atoms with Gasteiger partial charge < -0.3 is 9.64 Å². The lowest BCUT2D eigenvalue weighted by Gasteiger charge is -2.30. The first-order valence-electron chi connectivity index (χ1n) is 8.77. The Balaban J connectivity index is 1.58. The highest BCUT2D eigenvalue weighted by molar-refractivity contribution is 5.78. The third-order valence-corrected chi connectivity index (χ3v) is 4.53. The Morgan fingerprint density at radius 3 is 2.84 bits per heavy atom. The first kappa shape index (κ1) is 17.6. The van der Waals surface area contributed by atoms with Crippen molar-refractivity contribution in [2.75, 3.05) is 39.9 Å². The van der Waals surface area contributed by atoms with Crippen LogP contribution in [0.15, 0.2) is 42.7 Å². The van der Waals surface area contributed by atoms with Crippen molar-refractivity contribution in [3.63, 3.8) is 0 Å². The fraction of sp³-hybridized carbons (Fsp3) is 0.474. The Hall–Kier alpha value is -2.18. The van der Waals surface area contributed by atoms with Gasteiger partial charge in [-0.3, -0.25) is 9.69 Å². The topological polar surface area (TPSA) is 50.6 Å². The van der Waals surface area contributed by atoms with Gasteiger partial charge >= 0.3 is 0 Å². The van der Waals surface area contributed by atoms with E-state index in [4.69, 9.17) is 4.74 Å². The monoisotopic (exact) mass is 342 g/mol. The minimum atomic E-state index is -0.0163. The number of nitrogens with zero attached hydrogens (tertiary/aromatic N) is 4. The zero-order valence-corrected chi connectivity index (χ0v) is 15.0. The first-order valence-corrected chi connectivity index (χ1v) is 8.77. The minimum absolute atomic E-state index is 0.0163. The second kappa shape index (κ2) is 8.27. The minimum Gasteiger partial charge on any atom is -0.379 e. The van der Waals surface area contributed by atoms with Gasteiger partial charge in [0.2, 0.25) is 5.91 Å². The highest BCUT2D eigenvalue weighted by Crippen LogP contribution is 2.13. The Morgan fingerprint density at radius 1 is 1.32 bits per heavy atom. The number of carbonyl (C=O) groups is 1. The lowest BCUT2D eigenvalue weighted by atomic mass is 10.1. The van der Waals surface area contributed by atoms with Crippen molar-refractivity contribution in [1.29, 1.82) is 0 Å². The summed E-state index contributed by atoms with van der Waals surface area (Å²) in [6, 6.07) is 10.0. The average Bonchev–Trinajstić information content (AvgIpc) is 3.17. The van der Waals surface area contributed by atoms with Crippen molar-refractivity contribution >= 4 is 5.91 Å². The molecule has 0 bridgehead atoms. The summed E-state index contributed by atoms with van der Waals surface area (Å²) >= 11 is 0. The molecule has 1 aromatic heterocycles. The van der Waals surface area contributed by atoms with Crippen LogP contribution in [-0.2, 0) is 16.1 Å². The Morgan fingerprint density at radius 2 is 2.12 bits per heavy atom. The van der Waals surface area contributed by atoms with Crippen molar-refractivity contribution in [3.8, 4) is 5.69 Å². The summed E-state index contributed by atoms with van der Waals surface area (Å²) in [6.45, 7) is 6.74. The quantitative estimate of drug-likeness (QED) is 0.803. The summed E-state index contributed by atoms with van der Waals surface area (Å²) < 4.78 is 7.19. The first-order chi connectivity index (χ1) is 12.1. The van der Waals surface area contributed by atoms with E-state index in [-0.39, 0.29) is 11.8 Å². The largest absolute Gasteiger partial charge is 0.379 e. The van der Waals surface area contributed by atoms with Crippen LogP contribution in [0, 0.1) is 5.92 Å². The van der Waals surface area contributed by atoms with E-state index >= 15 is 0 Å². The molecule has 1 saturated heterocycles. The molecular formula is C19H26N4O2. The lowest BCUT2D eigenvalue weighted by Crippen LogP contribution is -2.43. The molecule has 2 aromatic rings. The second-order valence-corrected chi connectivity index (χ2v) is 6.63. The van der Waals surface area contributed by atoms with E-state index in [1.807, 2.05) is 54.0 Å². The van der Waals surface area contributed by atoms with Gasteiger partial charge in [0.25, 0.3) is 0 Å². The van der Waals surface area contributed by atoms with Crippen LogP contribution in [0.4, 0.5) is 0 Å². The highest BCUT2D eigenvalue weighted by Gasteiger charge is 2.21. The number of hydrogen-bond acceptors (Lipinski definition) is 4. The lowest BCUT2D eigenvalue weighted by molar-refractivity contribution is -0.135. The molecule has 1 aliphatic heterocycles. The van der Waals surface area contributed by atoms with Crippen molar-refractivity contribution in [3.05, 3.63) is 48.3 Å². The average molecular weight is 342 g/mol. The van der Waals surface area contributed by atoms with Gasteiger partial charge in [0.1, 0.15) is 0 Å². The van der Waals surface area contributed by atoms with E-state index in [0.717, 1.165) is 44.1 Å². The molecular weight excluding hydrogens is 316 g/mol. The molecule has 1 aromatic carbocycles. The molecule has 6 heteroatoms. The number of hydrogen-bond donors (Lipinski definition) is 0. The predicted octanol–water partition coefficient (Wildman–Crippen LogP) is 1.80. The van der Waals surface area contributed by atoms with Crippen LogP contribution in [0.1, 0.15) is 12.5 Å². The smallest absolute Gasteiger partial charge is 0.226 e. The van der Waals surface area contributed by atoms with Gasteiger partial charge in [0.05, 0.1) is 18.9 Å². The van der Waals surface area contributed by atoms with Gasteiger partial charge in [0.15, 0.2) is 0 Å². The Labute approximate surface area is 149 Å². The van der Waals surface area contributed by atoms with Crippen LogP contribution >= 0.6 is 0 Å². The molecule has 3 rings (SSSR count). The molecule has 1 fully saturated rings. The van der Waals surface area contributed by atoms with E-state index in [9.17, 15) is 4.79 Å². The Bertz CT molecular complexity index is 680. The molecule has 0 radical (unpaired) electrons. The number of carbonyl (C=O) groups excluding carboxylic acids is 1. The van der Waals surface area contributed by atoms with Crippen LogP contribution < -0.4 is 0 Å². The Kier molecular flexibility index (Phi) is 5.83. The van der Waals surface area contributed by atoms with Crippen molar-refractivity contribution in [2.45, 2.75) is 13.5 Å². The fourth-order valence-electron chi connectivity index (χ4n) is 3.20. The molecule has 0 unspecified atom stereocenters. The second-order valence-electron chi connectivity index (χ2n) is 6.63. The van der Waals surface area contributed by atoms with Crippen LogP contribution in [0.25, 0.3) is 5.69 Å². The summed E-state index contributed by atoms with van der Waals surface area (Å²) in [6.07, 6.45) is 3.67. The molecule has 0 spiro atoms. The maximum atomic E-state index is 12.7. The van der Waals surface area contributed by atoms with Gasteiger partial charge in [-0.15, -0.1) is 0 Å². The maximum absolute atomic E-state index is 12.7. The van der Waals surface area contributed by atoms with Gasteiger partial charge in [-0.2, -0.15) is 5.10 Å². The molecule has 2 heterocycles. The molecule has 1 atom stereocenters. The predicted molar refractivity (Wildman–Crippen MR) is 96.5 cm³/mol. The van der Waals surface area contributed by atoms with Crippen LogP contribution in [0.2, 0.25) is 0 Å². The zero-order chi connectivity index (χ0) is 17.6. The molecule has 1 aliphatic rings. The van der Waals surface area contributed by atoms with Crippen molar-refractivity contribution in [2.24, 2.45) is 5.92 Å². The molecule has 134 valence electrons. The van der Waals surface area contributed by atoms with Gasteiger partial charge in [-0.1, -0.05) is 19.1 Å². The molecule has 1 amide bonds. The van der Waals surface area contributed by atoms with Crippen LogP contribution in [0.3, 0.4) is 0 Å². The van der Waals surface area contributed by atoms with Gasteiger partial charge in [0, 0.05) is 51.5 Å². The van der Waals surface area contributed by atoms with Gasteiger partial charge in [-0.05, 0) is 23.8 Å². The third kappa shape index (κ3) is 4.67. The van der Waals surface area contributed by atoms with E-state index in [0.29, 0.717) is 6.54 Å². The number of morpholine rings is 1. The molecule has 0 aliphatic carbocycles. The molecule has 0 saturated carbocycles. The fourth-order valence-corrected chi connectivity index (χ4v) is 3.20. The number of ether oxygens (including phenoxy) is 1. The summed E-state index contributed by atoms with van der Waals surface area (Å²) in [5, 5.41) is 4.26. The third-order valence-electron chi connectivity index (χ3n) is 4.53.